The molecule has 2 saturated heterocycles. The number of hydrogen-bond donors (Lipinski definition) is 0. The second-order valence-corrected chi connectivity index (χ2v) is 7.70. The van der Waals surface area contributed by atoms with Crippen LogP contribution in [0.4, 0.5) is 5.82 Å². The van der Waals surface area contributed by atoms with Crippen LogP contribution in [0.15, 0.2) is 34.8 Å². The summed E-state index contributed by atoms with van der Waals surface area (Å²) < 4.78 is 6.52. The van der Waals surface area contributed by atoms with Crippen LogP contribution in [0.1, 0.15) is 0 Å². The summed E-state index contributed by atoms with van der Waals surface area (Å²) in [5.74, 6) is 1.10. The maximum absolute atomic E-state index is 5.42. The maximum atomic E-state index is 5.42. The van der Waals surface area contributed by atoms with Gasteiger partial charge in [-0.15, -0.1) is 0 Å². The van der Waals surface area contributed by atoms with E-state index in [9.17, 15) is 0 Å². The number of morpholine rings is 1. The second kappa shape index (κ2) is 7.99. The molecule has 2 fully saturated rings. The van der Waals surface area contributed by atoms with Gasteiger partial charge in [0.1, 0.15) is 5.82 Å². The summed E-state index contributed by atoms with van der Waals surface area (Å²) in [6.07, 6.45) is 0. The van der Waals surface area contributed by atoms with Gasteiger partial charge in [-0.1, -0.05) is 15.9 Å². The number of fused-ring (bicyclic) bond motifs is 1. The lowest BCUT2D eigenvalue weighted by atomic mass is 10.2. The lowest BCUT2D eigenvalue weighted by Crippen LogP contribution is -2.49. The first-order chi connectivity index (χ1) is 12.3. The Labute approximate surface area is 157 Å². The van der Waals surface area contributed by atoms with E-state index in [1.165, 1.54) is 5.39 Å². The molecule has 2 aromatic rings. The van der Waals surface area contributed by atoms with Crippen LogP contribution in [-0.2, 0) is 4.74 Å². The Balaban J connectivity index is 1.31. The van der Waals surface area contributed by atoms with Crippen LogP contribution >= 0.6 is 15.9 Å². The Morgan fingerprint density at radius 1 is 0.880 bits per heavy atom. The van der Waals surface area contributed by atoms with Gasteiger partial charge in [0.15, 0.2) is 0 Å². The molecule has 1 aromatic heterocycles. The van der Waals surface area contributed by atoms with Crippen molar-refractivity contribution in [2.24, 2.45) is 0 Å². The molecule has 0 spiro atoms. The molecule has 0 saturated carbocycles. The van der Waals surface area contributed by atoms with Gasteiger partial charge < -0.3 is 9.64 Å². The number of piperazine rings is 1. The highest BCUT2D eigenvalue weighted by Crippen LogP contribution is 2.22. The van der Waals surface area contributed by atoms with Gasteiger partial charge in [0.25, 0.3) is 0 Å². The molecule has 0 unspecified atom stereocenters. The number of benzene rings is 1. The van der Waals surface area contributed by atoms with Crippen LogP contribution in [0.5, 0.6) is 0 Å². The number of pyridine rings is 1. The quantitative estimate of drug-likeness (QED) is 0.781. The van der Waals surface area contributed by atoms with Crippen molar-refractivity contribution in [1.82, 2.24) is 14.8 Å². The molecule has 0 bridgehead atoms. The first-order valence-electron chi connectivity index (χ1n) is 9.12. The molecule has 0 aliphatic carbocycles. The molecule has 4 rings (SSSR count). The number of nitrogens with zero attached hydrogens (tertiary/aromatic N) is 4. The largest absolute Gasteiger partial charge is 0.379 e. The zero-order chi connectivity index (χ0) is 17.1. The van der Waals surface area contributed by atoms with E-state index in [1.807, 2.05) is 0 Å². The fourth-order valence-corrected chi connectivity index (χ4v) is 3.95. The van der Waals surface area contributed by atoms with E-state index in [4.69, 9.17) is 9.72 Å². The monoisotopic (exact) mass is 404 g/mol. The summed E-state index contributed by atoms with van der Waals surface area (Å²) >= 11 is 3.52. The van der Waals surface area contributed by atoms with Gasteiger partial charge in [-0.3, -0.25) is 9.80 Å². The van der Waals surface area contributed by atoms with Gasteiger partial charge in [-0.2, -0.15) is 0 Å². The summed E-state index contributed by atoms with van der Waals surface area (Å²) in [5, 5.41) is 1.18. The number of ether oxygens (including phenoxy) is 1. The minimum atomic E-state index is 0.887. The number of hydrogen-bond acceptors (Lipinski definition) is 5. The molecular weight excluding hydrogens is 380 g/mol. The average molecular weight is 405 g/mol. The molecule has 134 valence electrons. The van der Waals surface area contributed by atoms with Crippen molar-refractivity contribution in [1.29, 1.82) is 0 Å². The van der Waals surface area contributed by atoms with Gasteiger partial charge >= 0.3 is 0 Å². The highest BCUT2D eigenvalue weighted by Gasteiger charge is 2.19. The van der Waals surface area contributed by atoms with E-state index in [0.29, 0.717) is 0 Å². The average Bonchev–Trinajstić information content (AvgIpc) is 2.67. The molecule has 2 aliphatic heterocycles. The lowest BCUT2D eigenvalue weighted by Gasteiger charge is -2.37. The molecule has 1 aromatic carbocycles. The lowest BCUT2D eigenvalue weighted by molar-refractivity contribution is 0.0331. The molecule has 3 heterocycles. The minimum absolute atomic E-state index is 0.887. The molecule has 25 heavy (non-hydrogen) atoms. The first-order valence-corrected chi connectivity index (χ1v) is 9.91. The SMILES string of the molecule is Brc1ccc2nc(N3CCN(CCN4CCOCC4)CC3)ccc2c1. The predicted molar refractivity (Wildman–Crippen MR) is 105 cm³/mol. The number of aromatic nitrogens is 1. The van der Waals surface area contributed by atoms with E-state index in [1.54, 1.807) is 0 Å². The predicted octanol–water partition coefficient (Wildman–Crippen LogP) is 2.45. The van der Waals surface area contributed by atoms with E-state index in [0.717, 1.165) is 81.4 Å². The van der Waals surface area contributed by atoms with E-state index in [2.05, 4.69) is 61.0 Å². The maximum Gasteiger partial charge on any atom is 0.129 e. The van der Waals surface area contributed by atoms with Gasteiger partial charge in [0, 0.05) is 62.2 Å². The highest BCUT2D eigenvalue weighted by atomic mass is 79.9. The zero-order valence-electron chi connectivity index (χ0n) is 14.5. The Kier molecular flexibility index (Phi) is 5.51. The third-order valence-corrected chi connectivity index (χ3v) is 5.66. The van der Waals surface area contributed by atoms with Gasteiger partial charge in [0.2, 0.25) is 0 Å². The third-order valence-electron chi connectivity index (χ3n) is 5.17. The van der Waals surface area contributed by atoms with Gasteiger partial charge in [0.05, 0.1) is 18.7 Å². The van der Waals surface area contributed by atoms with Crippen molar-refractivity contribution < 1.29 is 4.74 Å². The summed E-state index contributed by atoms with van der Waals surface area (Å²) in [5.41, 5.74) is 1.07. The Bertz CT molecular complexity index is 712. The van der Waals surface area contributed by atoms with Gasteiger partial charge in [-0.05, 0) is 30.3 Å². The van der Waals surface area contributed by atoms with E-state index in [-0.39, 0.29) is 0 Å². The molecule has 5 nitrogen and oxygen atoms in total. The number of rotatable bonds is 4. The van der Waals surface area contributed by atoms with Crippen molar-refractivity contribution in [2.75, 3.05) is 70.5 Å². The zero-order valence-corrected chi connectivity index (χ0v) is 16.1. The number of halogens is 1. The topological polar surface area (TPSA) is 31.8 Å². The number of anilines is 1. The van der Waals surface area contributed by atoms with E-state index >= 15 is 0 Å². The van der Waals surface area contributed by atoms with Crippen molar-refractivity contribution >= 4 is 32.7 Å². The van der Waals surface area contributed by atoms with Crippen LogP contribution in [-0.4, -0.2) is 80.4 Å². The molecule has 0 N–H and O–H groups in total. The summed E-state index contributed by atoms with van der Waals surface area (Å²) in [7, 11) is 0. The minimum Gasteiger partial charge on any atom is -0.379 e. The highest BCUT2D eigenvalue weighted by molar-refractivity contribution is 9.10. The molecule has 2 aliphatic rings. The Hall–Kier alpha value is -1.21. The fourth-order valence-electron chi connectivity index (χ4n) is 3.57. The van der Waals surface area contributed by atoms with Crippen LogP contribution in [0.2, 0.25) is 0 Å². The van der Waals surface area contributed by atoms with E-state index < -0.39 is 0 Å². The van der Waals surface area contributed by atoms with Crippen molar-refractivity contribution in [3.8, 4) is 0 Å². The summed E-state index contributed by atoms with van der Waals surface area (Å²) in [6.45, 7) is 10.6. The molecule has 0 atom stereocenters. The van der Waals surface area contributed by atoms with Crippen LogP contribution < -0.4 is 4.90 Å². The van der Waals surface area contributed by atoms with Crippen LogP contribution in [0.25, 0.3) is 10.9 Å². The second-order valence-electron chi connectivity index (χ2n) is 6.79. The Morgan fingerprint density at radius 2 is 1.60 bits per heavy atom. The van der Waals surface area contributed by atoms with Crippen LogP contribution in [0.3, 0.4) is 0 Å². The summed E-state index contributed by atoms with van der Waals surface area (Å²) in [4.78, 5) is 12.3. The Morgan fingerprint density at radius 3 is 2.36 bits per heavy atom. The molecule has 6 heteroatoms. The molecular formula is C19H25BrN4O. The van der Waals surface area contributed by atoms with Crippen molar-refractivity contribution in [2.45, 2.75) is 0 Å². The first kappa shape index (κ1) is 17.2. The smallest absolute Gasteiger partial charge is 0.129 e. The van der Waals surface area contributed by atoms with Crippen molar-refractivity contribution in [3.05, 3.63) is 34.8 Å². The standard InChI is InChI=1S/C19H25BrN4O/c20-17-2-3-18-16(15-17)1-4-19(21-18)24-9-7-22(8-10-24)5-6-23-11-13-25-14-12-23/h1-4,15H,5-14H2. The third kappa shape index (κ3) is 4.31. The molecule has 0 amide bonds. The van der Waals surface area contributed by atoms with Crippen molar-refractivity contribution in [3.63, 3.8) is 0 Å². The normalized spacial score (nSPS) is 20.3. The molecule has 0 radical (unpaired) electrons. The van der Waals surface area contributed by atoms with Gasteiger partial charge in [-0.25, -0.2) is 4.98 Å². The fraction of sp³-hybridized carbons (Fsp3) is 0.526. The van der Waals surface area contributed by atoms with Crippen LogP contribution in [0, 0.1) is 0 Å². The summed E-state index contributed by atoms with van der Waals surface area (Å²) in [6, 6.07) is 10.6.